The normalized spacial score (nSPS) is 9.43. The van der Waals surface area contributed by atoms with Gasteiger partial charge < -0.3 is 4.42 Å². The Hall–Kier alpha value is -0.240. The van der Waals surface area contributed by atoms with Crippen molar-refractivity contribution in [3.63, 3.8) is 0 Å². The van der Waals surface area contributed by atoms with Crippen LogP contribution >= 0.6 is 15.9 Å². The zero-order valence-corrected chi connectivity index (χ0v) is 5.23. The second-order valence-electron chi connectivity index (χ2n) is 1.19. The third kappa shape index (κ3) is 0.855. The van der Waals surface area contributed by atoms with E-state index in [1.165, 1.54) is 0 Å². The van der Waals surface area contributed by atoms with Crippen LogP contribution in [0.25, 0.3) is 0 Å². The summed E-state index contributed by atoms with van der Waals surface area (Å²) in [6.45, 7) is 3.57. The van der Waals surface area contributed by atoms with Gasteiger partial charge in [0.1, 0.15) is 5.76 Å². The van der Waals surface area contributed by atoms with Gasteiger partial charge in [0, 0.05) is 6.92 Å². The van der Waals surface area contributed by atoms with Crippen molar-refractivity contribution < 1.29 is 4.42 Å². The molecule has 1 radical (unpaired) electrons. The van der Waals surface area contributed by atoms with Crippen molar-refractivity contribution in [1.82, 2.24) is 0 Å². The van der Waals surface area contributed by atoms with E-state index in [4.69, 9.17) is 4.42 Å². The van der Waals surface area contributed by atoms with Crippen LogP contribution in [-0.2, 0) is 0 Å². The summed E-state index contributed by atoms with van der Waals surface area (Å²) < 4.78 is 5.73. The first-order valence-corrected chi connectivity index (χ1v) is 2.65. The van der Waals surface area contributed by atoms with Gasteiger partial charge in [0.2, 0.25) is 0 Å². The molecule has 2 heteroatoms. The molecule has 0 saturated carbocycles. The number of hydrogen-bond donors (Lipinski definition) is 0. The average Bonchev–Trinajstić information content (AvgIpc) is 1.91. The van der Waals surface area contributed by atoms with Crippen LogP contribution in [0.5, 0.6) is 0 Å². The molecule has 0 aliphatic carbocycles. The van der Waals surface area contributed by atoms with Crippen LogP contribution in [0.15, 0.2) is 21.2 Å². The maximum absolute atomic E-state index is 4.81. The molecule has 0 unspecified atom stereocenters. The molecule has 0 saturated heterocycles. The van der Waals surface area contributed by atoms with E-state index in [0.29, 0.717) is 5.76 Å². The first kappa shape index (κ1) is 4.91. The summed E-state index contributed by atoms with van der Waals surface area (Å²) in [7, 11) is 0. The lowest BCUT2D eigenvalue weighted by atomic mass is 10.5. The first-order chi connectivity index (χ1) is 3.30. The van der Waals surface area contributed by atoms with E-state index >= 15 is 0 Å². The Balaban J connectivity index is 3.12. The van der Waals surface area contributed by atoms with Crippen molar-refractivity contribution in [2.45, 2.75) is 0 Å². The third-order valence-electron chi connectivity index (χ3n) is 0.691. The number of halogens is 1. The Bertz CT molecular complexity index is 140. The molecule has 1 aromatic rings. The molecular formula is C5H4BrO. The molecule has 0 amide bonds. The fourth-order valence-electron chi connectivity index (χ4n) is 0.325. The summed E-state index contributed by atoms with van der Waals surface area (Å²) in [6, 6.07) is 1.81. The highest BCUT2D eigenvalue weighted by Crippen LogP contribution is 2.14. The van der Waals surface area contributed by atoms with Gasteiger partial charge in [-0.1, -0.05) is 0 Å². The summed E-state index contributed by atoms with van der Waals surface area (Å²) in [6.07, 6.45) is 1.59. The molecule has 0 aromatic carbocycles. The molecule has 1 nitrogen and oxygen atoms in total. The molecule has 0 atom stereocenters. The van der Waals surface area contributed by atoms with Crippen LogP contribution in [0.2, 0.25) is 0 Å². The van der Waals surface area contributed by atoms with Crippen molar-refractivity contribution in [2.24, 2.45) is 0 Å². The summed E-state index contributed by atoms with van der Waals surface area (Å²) in [5.41, 5.74) is 0. The van der Waals surface area contributed by atoms with Crippen molar-refractivity contribution in [2.75, 3.05) is 0 Å². The SMILES string of the molecule is [CH2]c1occc1Br. The summed E-state index contributed by atoms with van der Waals surface area (Å²) in [5, 5.41) is 0. The molecule has 0 spiro atoms. The summed E-state index contributed by atoms with van der Waals surface area (Å²) >= 11 is 3.21. The molecule has 37 valence electrons. The van der Waals surface area contributed by atoms with E-state index in [0.717, 1.165) is 4.47 Å². The van der Waals surface area contributed by atoms with Crippen LogP contribution < -0.4 is 0 Å². The minimum Gasteiger partial charge on any atom is -0.468 e. The van der Waals surface area contributed by atoms with Crippen LogP contribution in [0.1, 0.15) is 5.76 Å². The monoisotopic (exact) mass is 159 g/mol. The lowest BCUT2D eigenvalue weighted by molar-refractivity contribution is 0.547. The lowest BCUT2D eigenvalue weighted by Crippen LogP contribution is -1.56. The van der Waals surface area contributed by atoms with Gasteiger partial charge in [-0.05, 0) is 22.0 Å². The first-order valence-electron chi connectivity index (χ1n) is 1.85. The molecule has 0 fully saturated rings. The van der Waals surface area contributed by atoms with Crippen molar-refractivity contribution in [3.05, 3.63) is 29.5 Å². The number of furan rings is 1. The van der Waals surface area contributed by atoms with E-state index in [2.05, 4.69) is 22.9 Å². The standard InChI is InChI=1S/C5H4BrO/c1-4-5(6)2-3-7-4/h2-3H,1H2. The Labute approximate surface area is 50.5 Å². The largest absolute Gasteiger partial charge is 0.468 e. The Morgan fingerprint density at radius 1 is 1.71 bits per heavy atom. The topological polar surface area (TPSA) is 13.1 Å². The van der Waals surface area contributed by atoms with E-state index in [-0.39, 0.29) is 0 Å². The smallest absolute Gasteiger partial charge is 0.118 e. The molecule has 0 aliphatic heterocycles. The van der Waals surface area contributed by atoms with Crippen molar-refractivity contribution in [3.8, 4) is 0 Å². The van der Waals surface area contributed by atoms with Crippen molar-refractivity contribution >= 4 is 15.9 Å². The fourth-order valence-corrected chi connectivity index (χ4v) is 0.526. The van der Waals surface area contributed by atoms with Gasteiger partial charge in [0.05, 0.1) is 10.7 Å². The number of hydrogen-bond acceptors (Lipinski definition) is 1. The maximum atomic E-state index is 4.81. The van der Waals surface area contributed by atoms with Crippen molar-refractivity contribution in [1.29, 1.82) is 0 Å². The number of rotatable bonds is 0. The summed E-state index contributed by atoms with van der Waals surface area (Å²) in [5.74, 6) is 0.681. The Kier molecular flexibility index (Phi) is 1.19. The zero-order valence-electron chi connectivity index (χ0n) is 3.65. The van der Waals surface area contributed by atoms with Crippen LogP contribution in [-0.4, -0.2) is 0 Å². The predicted octanol–water partition coefficient (Wildman–Crippen LogP) is 2.22. The average molecular weight is 160 g/mol. The van der Waals surface area contributed by atoms with Gasteiger partial charge in [-0.15, -0.1) is 0 Å². The molecular weight excluding hydrogens is 156 g/mol. The van der Waals surface area contributed by atoms with Gasteiger partial charge in [-0.3, -0.25) is 0 Å². The van der Waals surface area contributed by atoms with Crippen LogP contribution in [0.3, 0.4) is 0 Å². The Morgan fingerprint density at radius 2 is 2.43 bits per heavy atom. The molecule has 0 aliphatic rings. The second-order valence-corrected chi connectivity index (χ2v) is 2.05. The molecule has 1 aromatic heterocycles. The highest BCUT2D eigenvalue weighted by Gasteiger charge is 1.91. The highest BCUT2D eigenvalue weighted by atomic mass is 79.9. The Morgan fingerprint density at radius 3 is 2.57 bits per heavy atom. The minimum atomic E-state index is 0.681. The van der Waals surface area contributed by atoms with E-state index in [1.807, 2.05) is 6.07 Å². The van der Waals surface area contributed by atoms with Crippen LogP contribution in [0.4, 0.5) is 0 Å². The van der Waals surface area contributed by atoms with E-state index in [1.54, 1.807) is 6.26 Å². The van der Waals surface area contributed by atoms with E-state index in [9.17, 15) is 0 Å². The van der Waals surface area contributed by atoms with Crippen LogP contribution in [0, 0.1) is 6.92 Å². The molecule has 1 rings (SSSR count). The maximum Gasteiger partial charge on any atom is 0.118 e. The molecule has 1 heterocycles. The molecule has 0 bridgehead atoms. The zero-order chi connectivity index (χ0) is 5.28. The van der Waals surface area contributed by atoms with Gasteiger partial charge in [-0.2, -0.15) is 0 Å². The van der Waals surface area contributed by atoms with Gasteiger partial charge in [0.25, 0.3) is 0 Å². The lowest BCUT2D eigenvalue weighted by Gasteiger charge is -1.76. The highest BCUT2D eigenvalue weighted by molar-refractivity contribution is 9.10. The second kappa shape index (κ2) is 1.70. The quantitative estimate of drug-likeness (QED) is 0.567. The third-order valence-corrected chi connectivity index (χ3v) is 1.40. The van der Waals surface area contributed by atoms with Gasteiger partial charge in [-0.25, -0.2) is 0 Å². The van der Waals surface area contributed by atoms with E-state index < -0.39 is 0 Å². The molecule has 0 N–H and O–H groups in total. The molecule has 7 heavy (non-hydrogen) atoms. The van der Waals surface area contributed by atoms with Gasteiger partial charge in [0.15, 0.2) is 0 Å². The summed E-state index contributed by atoms with van der Waals surface area (Å²) in [4.78, 5) is 0. The minimum absolute atomic E-state index is 0.681. The predicted molar refractivity (Wildman–Crippen MR) is 30.9 cm³/mol. The fraction of sp³-hybridized carbons (Fsp3) is 0. The van der Waals surface area contributed by atoms with Gasteiger partial charge >= 0.3 is 0 Å².